The van der Waals surface area contributed by atoms with Gasteiger partial charge in [0.15, 0.2) is 22.7 Å². The molecule has 3 atom stereocenters. The number of halogens is 3. The summed E-state index contributed by atoms with van der Waals surface area (Å²) >= 11 is 6.38. The fraction of sp³-hybridized carbons (Fsp3) is 0.516. The summed E-state index contributed by atoms with van der Waals surface area (Å²) in [5, 5.41) is 2.55. The Bertz CT molecular complexity index is 1920. The first kappa shape index (κ1) is 31.6. The summed E-state index contributed by atoms with van der Waals surface area (Å²) in [5.74, 6) is -1.31. The maximum Gasteiger partial charge on any atom is 0.586 e. The van der Waals surface area contributed by atoms with Crippen LogP contribution in [0.4, 0.5) is 25.0 Å². The van der Waals surface area contributed by atoms with Crippen LogP contribution in [-0.4, -0.2) is 70.7 Å². The molecule has 0 bridgehead atoms. The van der Waals surface area contributed by atoms with Crippen LogP contribution in [0.5, 0.6) is 11.5 Å². The number of hydrogen-bond acceptors (Lipinski definition) is 9. The first-order valence-electron chi connectivity index (χ1n) is 15.5. The molecule has 12 nitrogen and oxygen atoms in total. The molecule has 0 saturated carbocycles. The van der Waals surface area contributed by atoms with Gasteiger partial charge in [0.1, 0.15) is 22.4 Å². The van der Waals surface area contributed by atoms with E-state index < -0.39 is 32.8 Å². The Kier molecular flexibility index (Phi) is 7.24. The van der Waals surface area contributed by atoms with Crippen molar-refractivity contribution in [2.24, 2.45) is 0 Å². The number of aryl methyl sites for hydroxylation is 2. The number of benzene rings is 1. The molecule has 0 aliphatic carbocycles. The molecule has 0 unspecified atom stereocenters. The number of nitrogens with zero attached hydrogens (tertiary/aromatic N) is 5. The number of pyridine rings is 1. The maximum atomic E-state index is 14.4. The molecule has 2 aromatic heterocycles. The van der Waals surface area contributed by atoms with Gasteiger partial charge in [-0.2, -0.15) is 0 Å². The van der Waals surface area contributed by atoms with Crippen molar-refractivity contribution in [3.05, 3.63) is 44.5 Å². The van der Waals surface area contributed by atoms with Gasteiger partial charge in [0, 0.05) is 24.7 Å². The lowest BCUT2D eigenvalue weighted by atomic mass is 10.0. The molecule has 2 fully saturated rings. The lowest BCUT2D eigenvalue weighted by Crippen LogP contribution is -2.70. The molecule has 1 aromatic carbocycles. The highest BCUT2D eigenvalue weighted by Crippen LogP contribution is 2.49. The van der Waals surface area contributed by atoms with E-state index in [4.69, 9.17) is 21.3 Å². The van der Waals surface area contributed by atoms with E-state index in [2.05, 4.69) is 24.7 Å². The molecule has 249 valence electrons. The molecule has 3 aromatic rings. The van der Waals surface area contributed by atoms with Gasteiger partial charge in [-0.3, -0.25) is 9.59 Å². The first-order chi connectivity index (χ1) is 22.0. The summed E-state index contributed by atoms with van der Waals surface area (Å²) in [5.41, 5.74) is 2.01. The molecule has 4 aliphatic heterocycles. The molecule has 2 amide bonds. The minimum atomic E-state index is -3.87. The molecular formula is C31H34ClF2N6O6Si. The van der Waals surface area contributed by atoms with Gasteiger partial charge >= 0.3 is 12.4 Å². The first-order valence-corrected chi connectivity index (χ1v) is 17.6. The standard InChI is InChI=1S/C31H34ClF2N6O6Si/c1-14-13-18(28(42)37-17-7-8-19-26(21(17)32)45-31(33,34)44-19)40-23(14)24(25(41)22-27(40)36-16(3)15(2)35-22)38-10-11-39(47-12-9-20(38)47)29(43)46-30(4,5)6/h7-8,14,18,20H,9-13H2,1-6H3,(H,37,42)/t14-,18-,20-/m1/s1. The van der Waals surface area contributed by atoms with Gasteiger partial charge in [-0.05, 0) is 65.6 Å². The molecule has 47 heavy (non-hydrogen) atoms. The zero-order chi connectivity index (χ0) is 33.7. The Labute approximate surface area is 275 Å². The molecule has 0 spiro atoms. The van der Waals surface area contributed by atoms with E-state index in [9.17, 15) is 23.2 Å². The van der Waals surface area contributed by atoms with Gasteiger partial charge in [-0.25, -0.2) is 14.8 Å². The number of anilines is 2. The number of fused-ring (bicyclic) bond motifs is 5. The number of amides is 2. The summed E-state index contributed by atoms with van der Waals surface area (Å²) in [4.78, 5) is 53.1. The van der Waals surface area contributed by atoms with Crippen LogP contribution in [0.2, 0.25) is 11.1 Å². The van der Waals surface area contributed by atoms with E-state index in [1.165, 1.54) is 12.1 Å². The van der Waals surface area contributed by atoms with Gasteiger partial charge in [-0.1, -0.05) is 18.5 Å². The minimum absolute atomic E-state index is 0.0127. The lowest BCUT2D eigenvalue weighted by Gasteiger charge is -2.53. The minimum Gasteiger partial charge on any atom is -0.444 e. The van der Waals surface area contributed by atoms with E-state index in [1.54, 1.807) is 18.4 Å². The number of carbonyl (C=O) groups is 2. The number of aromatic nitrogens is 3. The van der Waals surface area contributed by atoms with Crippen molar-refractivity contribution in [1.82, 2.24) is 19.1 Å². The summed E-state index contributed by atoms with van der Waals surface area (Å²) in [6, 6.07) is 2.67. The van der Waals surface area contributed by atoms with Gasteiger partial charge in [0.05, 0.1) is 22.8 Å². The highest BCUT2D eigenvalue weighted by atomic mass is 35.5. The van der Waals surface area contributed by atoms with Crippen LogP contribution in [0.1, 0.15) is 69.6 Å². The average molecular weight is 688 g/mol. The van der Waals surface area contributed by atoms with E-state index in [0.717, 1.165) is 12.5 Å². The smallest absolute Gasteiger partial charge is 0.444 e. The van der Waals surface area contributed by atoms with Crippen molar-refractivity contribution in [2.45, 2.75) is 89.9 Å². The molecule has 6 heterocycles. The maximum absolute atomic E-state index is 14.4. The second-order valence-corrected chi connectivity index (χ2v) is 16.5. The molecule has 16 heteroatoms. The van der Waals surface area contributed by atoms with Gasteiger partial charge in [0.25, 0.3) is 0 Å². The monoisotopic (exact) mass is 687 g/mol. The second kappa shape index (κ2) is 10.8. The summed E-state index contributed by atoms with van der Waals surface area (Å²) in [6.07, 6.45) is -3.04. The SMILES string of the molecule is Cc1nc2c(=O)c(N3CCN(C(=O)OC(C)(C)C)[Si]4CC[C@H]34)c3n(c2nc1C)[C@@H](C(=O)Nc1ccc2c(c1Cl)OC(F)(F)O2)C[C@H]3C. The van der Waals surface area contributed by atoms with Crippen molar-refractivity contribution >= 4 is 55.1 Å². The Morgan fingerprint density at radius 1 is 1.15 bits per heavy atom. The Hall–Kier alpha value is -3.98. The van der Waals surface area contributed by atoms with Crippen molar-refractivity contribution < 1.29 is 32.6 Å². The number of hydrogen-bond donors (Lipinski definition) is 1. The van der Waals surface area contributed by atoms with Crippen LogP contribution < -0.4 is 25.1 Å². The van der Waals surface area contributed by atoms with E-state index in [-0.39, 0.29) is 50.8 Å². The largest absolute Gasteiger partial charge is 0.586 e. The van der Waals surface area contributed by atoms with Gasteiger partial charge < -0.3 is 33.6 Å². The predicted molar refractivity (Wildman–Crippen MR) is 171 cm³/mol. The lowest BCUT2D eigenvalue weighted by molar-refractivity contribution is -0.286. The quantitative estimate of drug-likeness (QED) is 0.359. The second-order valence-electron chi connectivity index (χ2n) is 13.4. The fourth-order valence-electron chi connectivity index (χ4n) is 6.86. The highest BCUT2D eigenvalue weighted by molar-refractivity contribution is 6.64. The number of carbonyl (C=O) groups excluding carboxylic acids is 2. The number of alkyl halides is 2. The van der Waals surface area contributed by atoms with Gasteiger partial charge in [0.2, 0.25) is 20.3 Å². The molecule has 7 rings (SSSR count). The van der Waals surface area contributed by atoms with Crippen LogP contribution in [0.3, 0.4) is 0 Å². The molecule has 1 N–H and O–H groups in total. The average Bonchev–Trinajstić information content (AvgIpc) is 3.47. The predicted octanol–water partition coefficient (Wildman–Crippen LogP) is 5.43. The van der Waals surface area contributed by atoms with E-state index in [0.29, 0.717) is 47.9 Å². The van der Waals surface area contributed by atoms with Crippen LogP contribution in [0.15, 0.2) is 16.9 Å². The van der Waals surface area contributed by atoms with Crippen LogP contribution in [0, 0.1) is 13.8 Å². The van der Waals surface area contributed by atoms with Crippen molar-refractivity contribution in [1.29, 1.82) is 0 Å². The summed E-state index contributed by atoms with van der Waals surface area (Å²) in [7, 11) is -1.37. The summed E-state index contributed by atoms with van der Waals surface area (Å²) in [6.45, 7) is 11.9. The Morgan fingerprint density at radius 2 is 1.87 bits per heavy atom. The highest BCUT2D eigenvalue weighted by Gasteiger charge is 2.51. The van der Waals surface area contributed by atoms with E-state index >= 15 is 0 Å². The fourth-order valence-corrected chi connectivity index (χ4v) is 9.82. The third-order valence-corrected chi connectivity index (χ3v) is 12.8. The third-order valence-electron chi connectivity index (χ3n) is 9.12. The van der Waals surface area contributed by atoms with Crippen LogP contribution in [-0.2, 0) is 9.53 Å². The molecule has 2 saturated heterocycles. The third kappa shape index (κ3) is 5.18. The van der Waals surface area contributed by atoms with E-state index in [1.807, 2.05) is 32.3 Å². The number of rotatable bonds is 3. The molecule has 1 radical (unpaired) electrons. The zero-order valence-corrected chi connectivity index (χ0v) is 28.5. The van der Waals surface area contributed by atoms with Crippen molar-refractivity contribution in [3.63, 3.8) is 0 Å². The number of ether oxygens (including phenoxy) is 3. The molecular weight excluding hydrogens is 654 g/mol. The Morgan fingerprint density at radius 3 is 2.55 bits per heavy atom. The summed E-state index contributed by atoms with van der Waals surface area (Å²) < 4.78 is 45.8. The zero-order valence-electron chi connectivity index (χ0n) is 26.7. The van der Waals surface area contributed by atoms with Crippen LogP contribution >= 0.6 is 11.6 Å². The van der Waals surface area contributed by atoms with Crippen molar-refractivity contribution in [2.75, 3.05) is 23.3 Å². The van der Waals surface area contributed by atoms with Crippen molar-refractivity contribution in [3.8, 4) is 11.5 Å². The van der Waals surface area contributed by atoms with Crippen LogP contribution in [0.25, 0.3) is 11.2 Å². The Balaban J connectivity index is 1.29. The number of nitrogens with one attached hydrogen (secondary N) is 1. The molecule has 4 aliphatic rings. The van der Waals surface area contributed by atoms with Gasteiger partial charge in [-0.15, -0.1) is 8.78 Å². The topological polar surface area (TPSA) is 128 Å². The normalized spacial score (nSPS) is 23.0.